The molecule has 0 saturated carbocycles. The van der Waals surface area contributed by atoms with Crippen LogP contribution in [0.5, 0.6) is 0 Å². The first-order valence-corrected chi connectivity index (χ1v) is 5.56. The summed E-state index contributed by atoms with van der Waals surface area (Å²) >= 11 is 3.22. The maximum Gasteiger partial charge on any atom is 0.251 e. The molecule has 0 aliphatic rings. The van der Waals surface area contributed by atoms with Crippen LogP contribution in [0.4, 0.5) is 0 Å². The van der Waals surface area contributed by atoms with Crippen molar-refractivity contribution in [2.24, 2.45) is 0 Å². The molecule has 82 valence electrons. The van der Waals surface area contributed by atoms with Gasteiger partial charge in [-0.1, -0.05) is 0 Å². The fourth-order valence-electron chi connectivity index (χ4n) is 1.30. The number of carbonyl (C=O) groups is 1. The number of amides is 1. The van der Waals surface area contributed by atoms with Crippen molar-refractivity contribution in [1.29, 1.82) is 0 Å². The molecule has 0 atom stereocenters. The number of hydrogen-bond donors (Lipinski definition) is 2. The maximum atomic E-state index is 11.7. The Morgan fingerprint density at radius 3 is 3.06 bits per heavy atom. The zero-order valence-electron chi connectivity index (χ0n) is 8.40. The number of H-pyrrole nitrogens is 1. The summed E-state index contributed by atoms with van der Waals surface area (Å²) in [5.41, 5.74) is 1.64. The summed E-state index contributed by atoms with van der Waals surface area (Å²) in [5.74, 6) is -0.107. The Bertz CT molecular complexity index is 482. The molecule has 0 aliphatic carbocycles. The number of aromatic nitrogens is 2. The van der Waals surface area contributed by atoms with Gasteiger partial charge in [-0.05, 0) is 39.7 Å². The van der Waals surface area contributed by atoms with Crippen molar-refractivity contribution in [2.75, 3.05) is 0 Å². The second-order valence-electron chi connectivity index (χ2n) is 3.27. The first-order chi connectivity index (χ1) is 7.75. The van der Waals surface area contributed by atoms with Crippen LogP contribution in [-0.4, -0.2) is 15.9 Å². The lowest BCUT2D eigenvalue weighted by molar-refractivity contribution is 0.0950. The van der Waals surface area contributed by atoms with Gasteiger partial charge in [-0.15, -0.1) is 0 Å². The molecule has 2 aromatic heterocycles. The summed E-state index contributed by atoms with van der Waals surface area (Å²) in [7, 11) is 0. The van der Waals surface area contributed by atoms with E-state index in [0.29, 0.717) is 16.7 Å². The Morgan fingerprint density at radius 1 is 1.50 bits per heavy atom. The average molecular weight is 280 g/mol. The number of hydrogen-bond acceptors (Lipinski definition) is 2. The van der Waals surface area contributed by atoms with Gasteiger partial charge in [0.25, 0.3) is 5.91 Å². The number of aromatic amines is 1. The van der Waals surface area contributed by atoms with Crippen LogP contribution in [-0.2, 0) is 6.54 Å². The van der Waals surface area contributed by atoms with Crippen LogP contribution in [0.1, 0.15) is 15.9 Å². The molecular formula is C11H10BrN3O. The second kappa shape index (κ2) is 4.94. The number of nitrogens with one attached hydrogen (secondary N) is 2. The van der Waals surface area contributed by atoms with Crippen molar-refractivity contribution in [3.63, 3.8) is 0 Å². The molecule has 0 fully saturated rings. The molecule has 0 aliphatic heterocycles. The highest BCUT2D eigenvalue weighted by Gasteiger charge is 2.05. The summed E-state index contributed by atoms with van der Waals surface area (Å²) < 4.78 is 0.654. The summed E-state index contributed by atoms with van der Waals surface area (Å²) in [6, 6.07) is 5.28. The van der Waals surface area contributed by atoms with Gasteiger partial charge < -0.3 is 10.3 Å². The summed E-state index contributed by atoms with van der Waals surface area (Å²) in [4.78, 5) is 18.6. The van der Waals surface area contributed by atoms with Gasteiger partial charge in [0.2, 0.25) is 0 Å². The Balaban J connectivity index is 1.98. The van der Waals surface area contributed by atoms with E-state index in [0.717, 1.165) is 5.56 Å². The molecule has 2 heterocycles. The zero-order chi connectivity index (χ0) is 11.4. The highest BCUT2D eigenvalue weighted by atomic mass is 79.9. The van der Waals surface area contributed by atoms with Crippen molar-refractivity contribution in [3.8, 4) is 0 Å². The van der Waals surface area contributed by atoms with Gasteiger partial charge in [0, 0.05) is 30.7 Å². The van der Waals surface area contributed by atoms with Gasteiger partial charge in [0.1, 0.15) is 4.60 Å². The van der Waals surface area contributed by atoms with Crippen molar-refractivity contribution < 1.29 is 4.79 Å². The van der Waals surface area contributed by atoms with Crippen molar-refractivity contribution in [3.05, 3.63) is 52.5 Å². The van der Waals surface area contributed by atoms with Crippen LogP contribution in [0.2, 0.25) is 0 Å². The molecule has 0 unspecified atom stereocenters. The van der Waals surface area contributed by atoms with Gasteiger partial charge >= 0.3 is 0 Å². The van der Waals surface area contributed by atoms with Crippen LogP contribution in [0.25, 0.3) is 0 Å². The lowest BCUT2D eigenvalue weighted by Crippen LogP contribution is -2.22. The van der Waals surface area contributed by atoms with Crippen LogP contribution in [0.15, 0.2) is 41.4 Å². The van der Waals surface area contributed by atoms with Crippen LogP contribution >= 0.6 is 15.9 Å². The minimum atomic E-state index is -0.107. The third-order valence-electron chi connectivity index (χ3n) is 2.10. The molecule has 16 heavy (non-hydrogen) atoms. The lowest BCUT2D eigenvalue weighted by atomic mass is 10.2. The molecular weight excluding hydrogens is 270 g/mol. The molecule has 4 nitrogen and oxygen atoms in total. The second-order valence-corrected chi connectivity index (χ2v) is 4.08. The molecule has 0 spiro atoms. The third kappa shape index (κ3) is 2.70. The normalized spacial score (nSPS) is 10.1. The number of pyridine rings is 1. The number of halogens is 1. The van der Waals surface area contributed by atoms with Crippen LogP contribution in [0, 0.1) is 0 Å². The molecule has 2 aromatic rings. The summed E-state index contributed by atoms with van der Waals surface area (Å²) in [5, 5.41) is 2.82. The lowest BCUT2D eigenvalue weighted by Gasteiger charge is -2.03. The predicted molar refractivity (Wildman–Crippen MR) is 63.9 cm³/mol. The minimum Gasteiger partial charge on any atom is -0.367 e. The standard InChI is InChI=1S/C11H10BrN3O/c12-10-5-9(2-4-14-10)11(16)15-7-8-1-3-13-6-8/h1-6,13H,7H2,(H,15,16). The van der Waals surface area contributed by atoms with Gasteiger partial charge in [-0.3, -0.25) is 4.79 Å². The fraction of sp³-hybridized carbons (Fsp3) is 0.0909. The molecule has 1 amide bonds. The first kappa shape index (κ1) is 10.9. The van der Waals surface area contributed by atoms with E-state index in [1.165, 1.54) is 0 Å². The van der Waals surface area contributed by atoms with Gasteiger partial charge in [-0.2, -0.15) is 0 Å². The van der Waals surface area contributed by atoms with E-state index in [-0.39, 0.29) is 5.91 Å². The molecule has 0 aromatic carbocycles. The minimum absolute atomic E-state index is 0.107. The Kier molecular flexibility index (Phi) is 3.36. The largest absolute Gasteiger partial charge is 0.367 e. The Morgan fingerprint density at radius 2 is 2.38 bits per heavy atom. The van der Waals surface area contributed by atoms with E-state index in [2.05, 4.69) is 31.2 Å². The molecule has 0 bridgehead atoms. The van der Waals surface area contributed by atoms with Gasteiger partial charge in [0.05, 0.1) is 0 Å². The zero-order valence-corrected chi connectivity index (χ0v) is 9.99. The molecule has 0 radical (unpaired) electrons. The number of rotatable bonds is 3. The van der Waals surface area contributed by atoms with Crippen molar-refractivity contribution in [1.82, 2.24) is 15.3 Å². The molecule has 2 N–H and O–H groups in total. The smallest absolute Gasteiger partial charge is 0.251 e. The first-order valence-electron chi connectivity index (χ1n) is 4.77. The van der Waals surface area contributed by atoms with Gasteiger partial charge in [-0.25, -0.2) is 4.98 Å². The topological polar surface area (TPSA) is 57.8 Å². The Labute approximate surface area is 101 Å². The van der Waals surface area contributed by atoms with Gasteiger partial charge in [0.15, 0.2) is 0 Å². The van der Waals surface area contributed by atoms with E-state index < -0.39 is 0 Å². The molecule has 0 saturated heterocycles. The van der Waals surface area contributed by atoms with Crippen molar-refractivity contribution in [2.45, 2.75) is 6.54 Å². The highest BCUT2D eigenvalue weighted by molar-refractivity contribution is 9.10. The molecule has 2 rings (SSSR count). The Hall–Kier alpha value is -1.62. The van der Waals surface area contributed by atoms with Crippen molar-refractivity contribution >= 4 is 21.8 Å². The van der Waals surface area contributed by atoms with E-state index in [4.69, 9.17) is 0 Å². The van der Waals surface area contributed by atoms with Crippen LogP contribution < -0.4 is 5.32 Å². The SMILES string of the molecule is O=C(NCc1cc[nH]c1)c1ccnc(Br)c1. The van der Waals surface area contributed by atoms with E-state index in [9.17, 15) is 4.79 Å². The van der Waals surface area contributed by atoms with E-state index in [1.807, 2.05) is 18.5 Å². The van der Waals surface area contributed by atoms with Crippen LogP contribution in [0.3, 0.4) is 0 Å². The summed E-state index contributed by atoms with van der Waals surface area (Å²) in [6.07, 6.45) is 5.27. The predicted octanol–water partition coefficient (Wildman–Crippen LogP) is 2.10. The quantitative estimate of drug-likeness (QED) is 0.846. The maximum absolute atomic E-state index is 11.7. The van der Waals surface area contributed by atoms with E-state index >= 15 is 0 Å². The number of nitrogens with zero attached hydrogens (tertiary/aromatic N) is 1. The fourth-order valence-corrected chi connectivity index (χ4v) is 1.66. The highest BCUT2D eigenvalue weighted by Crippen LogP contribution is 2.08. The monoisotopic (exact) mass is 279 g/mol. The third-order valence-corrected chi connectivity index (χ3v) is 2.54. The molecule has 5 heteroatoms. The summed E-state index contributed by atoms with van der Waals surface area (Å²) in [6.45, 7) is 0.516. The average Bonchev–Trinajstić information content (AvgIpc) is 2.78. The van der Waals surface area contributed by atoms with E-state index in [1.54, 1.807) is 18.3 Å². The number of carbonyl (C=O) groups excluding carboxylic acids is 1.